The Balaban J connectivity index is 2.22. The zero-order valence-corrected chi connectivity index (χ0v) is 12.7. The van der Waals surface area contributed by atoms with E-state index in [9.17, 15) is 4.39 Å². The Hall–Kier alpha value is -1.32. The van der Waals surface area contributed by atoms with Crippen LogP contribution in [-0.2, 0) is 0 Å². The minimum atomic E-state index is -0.196. The predicted molar refractivity (Wildman–Crippen MR) is 85.7 cm³/mol. The van der Waals surface area contributed by atoms with Crippen molar-refractivity contribution in [1.82, 2.24) is 5.32 Å². The van der Waals surface area contributed by atoms with E-state index >= 15 is 0 Å². The fraction of sp³-hybridized carbons (Fsp3) is 0.294. The summed E-state index contributed by atoms with van der Waals surface area (Å²) in [6.45, 7) is 3.11. The summed E-state index contributed by atoms with van der Waals surface area (Å²) in [7, 11) is 0. The van der Waals surface area contributed by atoms with Crippen molar-refractivity contribution in [3.05, 3.63) is 71.5 Å². The molecule has 2 unspecified atom stereocenters. The molecule has 0 aliphatic carbocycles. The Morgan fingerprint density at radius 1 is 1.00 bits per heavy atom. The minimum absolute atomic E-state index is 0.103. The SMILES string of the molecule is CSC(C)CNC(c1ccccc1)c1ccc(F)cc1. The molecule has 0 aliphatic heterocycles. The average molecular weight is 289 g/mol. The molecule has 0 fully saturated rings. The van der Waals surface area contributed by atoms with Crippen LogP contribution in [0.2, 0.25) is 0 Å². The molecular formula is C17H20FNS. The largest absolute Gasteiger partial charge is 0.305 e. The highest BCUT2D eigenvalue weighted by Crippen LogP contribution is 2.22. The average Bonchev–Trinajstić information content (AvgIpc) is 2.50. The highest BCUT2D eigenvalue weighted by molar-refractivity contribution is 7.99. The van der Waals surface area contributed by atoms with Gasteiger partial charge in [0, 0.05) is 11.8 Å². The van der Waals surface area contributed by atoms with Crippen LogP contribution >= 0.6 is 11.8 Å². The van der Waals surface area contributed by atoms with Crippen LogP contribution in [0.5, 0.6) is 0 Å². The Labute approximate surface area is 124 Å². The fourth-order valence-electron chi connectivity index (χ4n) is 2.10. The van der Waals surface area contributed by atoms with Gasteiger partial charge in [-0.15, -0.1) is 0 Å². The summed E-state index contributed by atoms with van der Waals surface area (Å²) in [6, 6.07) is 17.1. The molecular weight excluding hydrogens is 269 g/mol. The van der Waals surface area contributed by atoms with Gasteiger partial charge < -0.3 is 5.32 Å². The van der Waals surface area contributed by atoms with Gasteiger partial charge in [-0.25, -0.2) is 4.39 Å². The van der Waals surface area contributed by atoms with E-state index in [1.165, 1.54) is 17.7 Å². The lowest BCUT2D eigenvalue weighted by Crippen LogP contribution is -2.28. The first kappa shape index (κ1) is 15.1. The number of thioether (sulfide) groups is 1. The summed E-state index contributed by atoms with van der Waals surface area (Å²) in [5.74, 6) is -0.196. The van der Waals surface area contributed by atoms with Crippen LogP contribution in [0.1, 0.15) is 24.1 Å². The van der Waals surface area contributed by atoms with Crippen LogP contribution in [0.25, 0.3) is 0 Å². The number of nitrogens with one attached hydrogen (secondary N) is 1. The monoisotopic (exact) mass is 289 g/mol. The van der Waals surface area contributed by atoms with Crippen molar-refractivity contribution in [1.29, 1.82) is 0 Å². The molecule has 1 N–H and O–H groups in total. The molecule has 0 saturated carbocycles. The van der Waals surface area contributed by atoms with Gasteiger partial charge in [-0.1, -0.05) is 49.4 Å². The molecule has 2 rings (SSSR count). The van der Waals surface area contributed by atoms with Crippen LogP contribution in [0.3, 0.4) is 0 Å². The smallest absolute Gasteiger partial charge is 0.123 e. The van der Waals surface area contributed by atoms with E-state index in [0.29, 0.717) is 5.25 Å². The number of benzene rings is 2. The zero-order valence-electron chi connectivity index (χ0n) is 11.8. The fourth-order valence-corrected chi connectivity index (χ4v) is 2.36. The second-order valence-corrected chi connectivity index (χ2v) is 6.13. The van der Waals surface area contributed by atoms with E-state index in [0.717, 1.165) is 12.1 Å². The normalized spacial score (nSPS) is 13.9. The summed E-state index contributed by atoms with van der Waals surface area (Å²) in [5, 5.41) is 4.12. The van der Waals surface area contributed by atoms with Gasteiger partial charge in [0.1, 0.15) is 5.82 Å². The van der Waals surface area contributed by atoms with Gasteiger partial charge in [-0.3, -0.25) is 0 Å². The molecule has 20 heavy (non-hydrogen) atoms. The first-order valence-corrected chi connectivity index (χ1v) is 8.06. The molecule has 0 amide bonds. The summed E-state index contributed by atoms with van der Waals surface area (Å²) in [4.78, 5) is 0. The molecule has 2 aromatic rings. The summed E-state index contributed by atoms with van der Waals surface area (Å²) >= 11 is 1.84. The maximum atomic E-state index is 13.1. The van der Waals surface area contributed by atoms with Crippen molar-refractivity contribution in [3.63, 3.8) is 0 Å². The van der Waals surface area contributed by atoms with Gasteiger partial charge >= 0.3 is 0 Å². The van der Waals surface area contributed by atoms with Crippen LogP contribution < -0.4 is 5.32 Å². The van der Waals surface area contributed by atoms with E-state index in [1.54, 1.807) is 0 Å². The van der Waals surface area contributed by atoms with Crippen molar-refractivity contribution in [2.45, 2.75) is 18.2 Å². The lowest BCUT2D eigenvalue weighted by molar-refractivity contribution is 0.598. The Morgan fingerprint density at radius 3 is 2.20 bits per heavy atom. The molecule has 0 spiro atoms. The Kier molecular flexibility index (Phi) is 5.62. The van der Waals surface area contributed by atoms with E-state index in [1.807, 2.05) is 42.1 Å². The maximum absolute atomic E-state index is 13.1. The molecule has 0 aromatic heterocycles. The Morgan fingerprint density at radius 2 is 1.60 bits per heavy atom. The highest BCUT2D eigenvalue weighted by Gasteiger charge is 2.14. The van der Waals surface area contributed by atoms with Crippen molar-refractivity contribution in [2.24, 2.45) is 0 Å². The third-order valence-corrected chi connectivity index (χ3v) is 4.32. The van der Waals surface area contributed by atoms with Crippen LogP contribution in [0, 0.1) is 5.82 Å². The molecule has 0 radical (unpaired) electrons. The number of rotatable bonds is 6. The second-order valence-electron chi connectivity index (χ2n) is 4.85. The van der Waals surface area contributed by atoms with Crippen molar-refractivity contribution < 1.29 is 4.39 Å². The van der Waals surface area contributed by atoms with Crippen molar-refractivity contribution in [2.75, 3.05) is 12.8 Å². The number of hydrogen-bond donors (Lipinski definition) is 1. The van der Waals surface area contributed by atoms with Gasteiger partial charge in [-0.2, -0.15) is 11.8 Å². The lowest BCUT2D eigenvalue weighted by atomic mass is 9.98. The molecule has 3 heteroatoms. The summed E-state index contributed by atoms with van der Waals surface area (Å²) < 4.78 is 13.1. The zero-order chi connectivity index (χ0) is 14.4. The summed E-state index contributed by atoms with van der Waals surface area (Å²) in [5.41, 5.74) is 2.29. The molecule has 0 saturated heterocycles. The number of hydrogen-bond acceptors (Lipinski definition) is 2. The predicted octanol–water partition coefficient (Wildman–Crippen LogP) is 4.26. The van der Waals surface area contributed by atoms with Crippen molar-refractivity contribution >= 4 is 11.8 Å². The van der Waals surface area contributed by atoms with E-state index in [-0.39, 0.29) is 11.9 Å². The third-order valence-electron chi connectivity index (χ3n) is 3.35. The summed E-state index contributed by atoms with van der Waals surface area (Å²) in [6.07, 6.45) is 2.11. The molecule has 106 valence electrons. The van der Waals surface area contributed by atoms with Gasteiger partial charge in [0.25, 0.3) is 0 Å². The Bertz CT molecular complexity index is 512. The quantitative estimate of drug-likeness (QED) is 0.853. The minimum Gasteiger partial charge on any atom is -0.305 e. The van der Waals surface area contributed by atoms with Gasteiger partial charge in [0.05, 0.1) is 6.04 Å². The standard InChI is InChI=1S/C17H20FNS/c1-13(20-2)12-19-17(14-6-4-3-5-7-14)15-8-10-16(18)11-9-15/h3-11,13,17,19H,12H2,1-2H3. The lowest BCUT2D eigenvalue weighted by Gasteiger charge is -2.21. The first-order valence-electron chi connectivity index (χ1n) is 6.77. The third kappa shape index (κ3) is 4.09. The number of halogens is 1. The molecule has 1 nitrogen and oxygen atoms in total. The maximum Gasteiger partial charge on any atom is 0.123 e. The van der Waals surface area contributed by atoms with E-state index in [2.05, 4.69) is 30.6 Å². The van der Waals surface area contributed by atoms with Crippen LogP contribution in [-0.4, -0.2) is 18.1 Å². The van der Waals surface area contributed by atoms with Gasteiger partial charge in [0.15, 0.2) is 0 Å². The van der Waals surface area contributed by atoms with E-state index in [4.69, 9.17) is 0 Å². The first-order chi connectivity index (χ1) is 9.70. The molecule has 0 aliphatic rings. The van der Waals surface area contributed by atoms with Gasteiger partial charge in [0.2, 0.25) is 0 Å². The molecule has 0 heterocycles. The molecule has 0 bridgehead atoms. The molecule has 2 aromatic carbocycles. The van der Waals surface area contributed by atoms with Gasteiger partial charge in [-0.05, 0) is 29.5 Å². The second kappa shape index (κ2) is 7.46. The van der Waals surface area contributed by atoms with E-state index < -0.39 is 0 Å². The topological polar surface area (TPSA) is 12.0 Å². The highest BCUT2D eigenvalue weighted by atomic mass is 32.2. The molecule has 2 atom stereocenters. The van der Waals surface area contributed by atoms with Crippen molar-refractivity contribution in [3.8, 4) is 0 Å². The van der Waals surface area contributed by atoms with Crippen LogP contribution in [0.15, 0.2) is 54.6 Å². The van der Waals surface area contributed by atoms with Crippen LogP contribution in [0.4, 0.5) is 4.39 Å².